The van der Waals surface area contributed by atoms with Gasteiger partial charge in [0.05, 0.1) is 7.11 Å². The van der Waals surface area contributed by atoms with Crippen molar-refractivity contribution in [2.45, 2.75) is 39.0 Å². The Kier molecular flexibility index (Phi) is 3.85. The molecule has 100 valence electrons. The summed E-state index contributed by atoms with van der Waals surface area (Å²) in [5.74, 6) is 1.50. The Bertz CT molecular complexity index is 406. The zero-order chi connectivity index (χ0) is 13.2. The quantitative estimate of drug-likeness (QED) is 0.893. The monoisotopic (exact) mass is 249 g/mol. The first kappa shape index (κ1) is 13.3. The lowest BCUT2D eigenvalue weighted by Crippen LogP contribution is -2.33. The van der Waals surface area contributed by atoms with Crippen molar-refractivity contribution in [3.63, 3.8) is 0 Å². The summed E-state index contributed by atoms with van der Waals surface area (Å²) in [5, 5.41) is 0. The first-order valence-corrected chi connectivity index (χ1v) is 6.62. The molecular weight excluding hydrogens is 226 g/mol. The van der Waals surface area contributed by atoms with Gasteiger partial charge in [0.25, 0.3) is 0 Å². The molecule has 0 amide bonds. The molecule has 18 heavy (non-hydrogen) atoms. The van der Waals surface area contributed by atoms with E-state index in [0.29, 0.717) is 29.7 Å². The van der Waals surface area contributed by atoms with Gasteiger partial charge < -0.3 is 10.5 Å². The highest BCUT2D eigenvalue weighted by molar-refractivity contribution is 5.23. The van der Waals surface area contributed by atoms with Gasteiger partial charge in [-0.2, -0.15) is 0 Å². The maximum atomic E-state index is 5.92. The molecule has 2 N–H and O–H groups in total. The minimum Gasteiger partial charge on any atom is -0.480 e. The maximum Gasteiger partial charge on any atom is 0.235 e. The second-order valence-corrected chi connectivity index (χ2v) is 5.96. The molecule has 2 rings (SSSR count). The number of rotatable bonds is 3. The van der Waals surface area contributed by atoms with E-state index >= 15 is 0 Å². The van der Waals surface area contributed by atoms with E-state index in [4.69, 9.17) is 10.5 Å². The van der Waals surface area contributed by atoms with E-state index in [1.807, 2.05) is 0 Å². The van der Waals surface area contributed by atoms with E-state index in [2.05, 4.69) is 23.8 Å². The van der Waals surface area contributed by atoms with Crippen LogP contribution >= 0.6 is 0 Å². The van der Waals surface area contributed by atoms with Crippen molar-refractivity contribution in [3.05, 3.63) is 18.1 Å². The molecular formula is C14H23N3O. The number of nitrogens with two attached hydrogens (primary N) is 1. The predicted molar refractivity (Wildman–Crippen MR) is 71.5 cm³/mol. The summed E-state index contributed by atoms with van der Waals surface area (Å²) in [7, 11) is 1.65. The number of hydrogen-bond acceptors (Lipinski definition) is 4. The number of aromatic nitrogens is 2. The van der Waals surface area contributed by atoms with E-state index in [1.165, 1.54) is 6.42 Å². The summed E-state index contributed by atoms with van der Waals surface area (Å²) in [4.78, 5) is 8.76. The molecule has 0 saturated heterocycles. The highest BCUT2D eigenvalue weighted by Crippen LogP contribution is 2.47. The molecule has 1 aliphatic rings. The van der Waals surface area contributed by atoms with E-state index in [9.17, 15) is 0 Å². The van der Waals surface area contributed by atoms with Gasteiger partial charge in [-0.25, -0.2) is 4.98 Å². The molecule has 0 bridgehead atoms. The van der Waals surface area contributed by atoms with Gasteiger partial charge in [0.15, 0.2) is 0 Å². The molecule has 0 aliphatic heterocycles. The molecule has 1 fully saturated rings. The van der Waals surface area contributed by atoms with Gasteiger partial charge >= 0.3 is 0 Å². The van der Waals surface area contributed by atoms with Crippen LogP contribution in [0.5, 0.6) is 5.88 Å². The van der Waals surface area contributed by atoms with Crippen LogP contribution in [-0.4, -0.2) is 23.6 Å². The third kappa shape index (κ3) is 2.64. The van der Waals surface area contributed by atoms with Crippen LogP contribution in [0, 0.1) is 11.3 Å². The molecule has 4 nitrogen and oxygen atoms in total. The zero-order valence-electron chi connectivity index (χ0n) is 11.5. The Balaban J connectivity index is 2.32. The summed E-state index contributed by atoms with van der Waals surface area (Å²) in [6.45, 7) is 5.34. The number of hydrogen-bond donors (Lipinski definition) is 1. The topological polar surface area (TPSA) is 61.0 Å². The lowest BCUT2D eigenvalue weighted by Gasteiger charge is -2.40. The van der Waals surface area contributed by atoms with Gasteiger partial charge in [-0.05, 0) is 37.1 Å². The smallest absolute Gasteiger partial charge is 0.235 e. The Hall–Kier alpha value is -1.16. The average molecular weight is 249 g/mol. The standard InChI is InChI=1S/C14H23N3O/c1-14(2)5-4-10(9-15)11(8-14)12-13(18-3)17-7-6-16-12/h6-7,10-11H,4-5,8-9,15H2,1-3H3. The summed E-state index contributed by atoms with van der Waals surface area (Å²) in [6, 6.07) is 0. The fourth-order valence-corrected chi connectivity index (χ4v) is 2.99. The van der Waals surface area contributed by atoms with Gasteiger partial charge in [0, 0.05) is 18.3 Å². The van der Waals surface area contributed by atoms with Crippen molar-refractivity contribution >= 4 is 0 Å². The molecule has 1 heterocycles. The van der Waals surface area contributed by atoms with E-state index in [0.717, 1.165) is 18.5 Å². The molecule has 0 aromatic carbocycles. The predicted octanol–water partition coefficient (Wildman–Crippen LogP) is 2.35. The molecule has 1 aromatic rings. The Morgan fingerprint density at radius 1 is 1.39 bits per heavy atom. The van der Waals surface area contributed by atoms with Crippen LogP contribution in [-0.2, 0) is 0 Å². The van der Waals surface area contributed by atoms with Crippen molar-refractivity contribution in [1.29, 1.82) is 0 Å². The minimum atomic E-state index is 0.346. The van der Waals surface area contributed by atoms with E-state index in [1.54, 1.807) is 19.5 Å². The largest absolute Gasteiger partial charge is 0.480 e. The Morgan fingerprint density at radius 2 is 2.11 bits per heavy atom. The molecule has 4 heteroatoms. The summed E-state index contributed by atoms with van der Waals surface area (Å²) in [6.07, 6.45) is 6.91. The molecule has 1 aliphatic carbocycles. The third-order valence-corrected chi connectivity index (χ3v) is 4.07. The normalized spacial score (nSPS) is 26.9. The highest BCUT2D eigenvalue weighted by Gasteiger charge is 2.37. The number of methoxy groups -OCH3 is 1. The lowest BCUT2D eigenvalue weighted by atomic mass is 9.66. The highest BCUT2D eigenvalue weighted by atomic mass is 16.5. The molecule has 1 aromatic heterocycles. The van der Waals surface area contributed by atoms with Crippen molar-refractivity contribution in [3.8, 4) is 5.88 Å². The van der Waals surface area contributed by atoms with Crippen LogP contribution < -0.4 is 10.5 Å². The average Bonchev–Trinajstić information content (AvgIpc) is 2.37. The fourth-order valence-electron chi connectivity index (χ4n) is 2.99. The Morgan fingerprint density at radius 3 is 2.78 bits per heavy atom. The van der Waals surface area contributed by atoms with Gasteiger partial charge in [0.1, 0.15) is 5.69 Å². The maximum absolute atomic E-state index is 5.92. The van der Waals surface area contributed by atoms with E-state index in [-0.39, 0.29) is 0 Å². The van der Waals surface area contributed by atoms with Gasteiger partial charge in [-0.1, -0.05) is 13.8 Å². The second kappa shape index (κ2) is 5.22. The molecule has 0 radical (unpaired) electrons. The van der Waals surface area contributed by atoms with Crippen molar-refractivity contribution in [2.24, 2.45) is 17.1 Å². The Labute approximate surface area is 109 Å². The third-order valence-electron chi connectivity index (χ3n) is 4.07. The SMILES string of the molecule is COc1nccnc1C1CC(C)(C)CCC1CN. The van der Waals surface area contributed by atoms with Gasteiger partial charge in [-0.3, -0.25) is 4.98 Å². The van der Waals surface area contributed by atoms with E-state index < -0.39 is 0 Å². The first-order valence-electron chi connectivity index (χ1n) is 6.62. The molecule has 2 unspecified atom stereocenters. The summed E-state index contributed by atoms with van der Waals surface area (Å²) in [5.41, 5.74) is 7.24. The van der Waals surface area contributed by atoms with Crippen molar-refractivity contribution in [2.75, 3.05) is 13.7 Å². The molecule has 0 spiro atoms. The molecule has 2 atom stereocenters. The second-order valence-electron chi connectivity index (χ2n) is 5.96. The van der Waals surface area contributed by atoms with Crippen molar-refractivity contribution in [1.82, 2.24) is 9.97 Å². The van der Waals surface area contributed by atoms with Crippen LogP contribution in [0.15, 0.2) is 12.4 Å². The lowest BCUT2D eigenvalue weighted by molar-refractivity contribution is 0.160. The van der Waals surface area contributed by atoms with Gasteiger partial charge in [-0.15, -0.1) is 0 Å². The summed E-state index contributed by atoms with van der Waals surface area (Å²) < 4.78 is 5.35. The number of nitrogens with zero attached hydrogens (tertiary/aromatic N) is 2. The first-order chi connectivity index (χ1) is 8.57. The summed E-state index contributed by atoms with van der Waals surface area (Å²) >= 11 is 0. The van der Waals surface area contributed by atoms with Crippen LogP contribution in [0.1, 0.15) is 44.7 Å². The van der Waals surface area contributed by atoms with Crippen LogP contribution in [0.2, 0.25) is 0 Å². The minimum absolute atomic E-state index is 0.346. The van der Waals surface area contributed by atoms with Gasteiger partial charge in [0.2, 0.25) is 5.88 Å². The van der Waals surface area contributed by atoms with Crippen LogP contribution in [0.3, 0.4) is 0 Å². The van der Waals surface area contributed by atoms with Crippen LogP contribution in [0.4, 0.5) is 0 Å². The zero-order valence-corrected chi connectivity index (χ0v) is 11.5. The molecule has 1 saturated carbocycles. The van der Waals surface area contributed by atoms with Crippen LogP contribution in [0.25, 0.3) is 0 Å². The van der Waals surface area contributed by atoms with Crippen molar-refractivity contribution < 1.29 is 4.74 Å². The fraction of sp³-hybridized carbons (Fsp3) is 0.714. The number of ether oxygens (including phenoxy) is 1.